The molecule has 0 spiro atoms. The van der Waals surface area contributed by atoms with E-state index in [2.05, 4.69) is 16.8 Å². The van der Waals surface area contributed by atoms with E-state index in [9.17, 15) is 4.79 Å². The molecule has 0 saturated carbocycles. The number of benzene rings is 1. The SMILES string of the molecule is CCC1CCCCN1C(=O)c1c(C)[nH]c2cccc(OC)c12. The number of amides is 1. The monoisotopic (exact) mass is 300 g/mol. The summed E-state index contributed by atoms with van der Waals surface area (Å²) >= 11 is 0. The molecule has 1 atom stereocenters. The minimum absolute atomic E-state index is 0.139. The van der Waals surface area contributed by atoms with Gasteiger partial charge in [0.1, 0.15) is 5.75 Å². The maximum Gasteiger partial charge on any atom is 0.256 e. The molecule has 1 aromatic carbocycles. The van der Waals surface area contributed by atoms with Crippen LogP contribution in [0.25, 0.3) is 10.9 Å². The molecule has 2 heterocycles. The summed E-state index contributed by atoms with van der Waals surface area (Å²) in [5.74, 6) is 0.898. The predicted octanol–water partition coefficient (Wildman–Crippen LogP) is 3.89. The van der Waals surface area contributed by atoms with Crippen LogP contribution in [0.15, 0.2) is 18.2 Å². The van der Waals surface area contributed by atoms with Crippen molar-refractivity contribution in [2.45, 2.75) is 45.6 Å². The third kappa shape index (κ3) is 2.36. The van der Waals surface area contributed by atoms with Gasteiger partial charge in [0.05, 0.1) is 23.6 Å². The van der Waals surface area contributed by atoms with Crippen LogP contribution in [0.3, 0.4) is 0 Å². The molecule has 1 aromatic heterocycles. The fourth-order valence-electron chi connectivity index (χ4n) is 3.62. The molecular weight excluding hydrogens is 276 g/mol. The number of likely N-dealkylation sites (tertiary alicyclic amines) is 1. The van der Waals surface area contributed by atoms with Crippen LogP contribution in [-0.4, -0.2) is 35.5 Å². The third-order valence-electron chi connectivity index (χ3n) is 4.77. The minimum atomic E-state index is 0.139. The van der Waals surface area contributed by atoms with Crippen LogP contribution < -0.4 is 4.74 Å². The number of hydrogen-bond acceptors (Lipinski definition) is 2. The Bertz CT molecular complexity index is 690. The second-order valence-electron chi connectivity index (χ2n) is 6.06. The van der Waals surface area contributed by atoms with E-state index in [4.69, 9.17) is 4.74 Å². The number of nitrogens with one attached hydrogen (secondary N) is 1. The molecule has 22 heavy (non-hydrogen) atoms. The van der Waals surface area contributed by atoms with E-state index in [1.165, 1.54) is 6.42 Å². The lowest BCUT2D eigenvalue weighted by atomic mass is 9.98. The lowest BCUT2D eigenvalue weighted by molar-refractivity contribution is 0.0609. The quantitative estimate of drug-likeness (QED) is 0.934. The van der Waals surface area contributed by atoms with E-state index >= 15 is 0 Å². The number of aromatic amines is 1. The number of aromatic nitrogens is 1. The fourth-order valence-corrected chi connectivity index (χ4v) is 3.62. The van der Waals surface area contributed by atoms with E-state index in [0.717, 1.165) is 53.7 Å². The van der Waals surface area contributed by atoms with Crippen molar-refractivity contribution in [3.05, 3.63) is 29.5 Å². The van der Waals surface area contributed by atoms with Crippen molar-refractivity contribution in [1.82, 2.24) is 9.88 Å². The second kappa shape index (κ2) is 6.03. The molecule has 1 unspecified atom stereocenters. The Morgan fingerprint density at radius 2 is 2.23 bits per heavy atom. The number of fused-ring (bicyclic) bond motifs is 1. The van der Waals surface area contributed by atoms with Gasteiger partial charge in [0.2, 0.25) is 0 Å². The molecule has 1 aliphatic heterocycles. The van der Waals surface area contributed by atoms with Crippen LogP contribution in [0, 0.1) is 6.92 Å². The molecule has 1 amide bonds. The number of hydrogen-bond donors (Lipinski definition) is 1. The highest BCUT2D eigenvalue weighted by Crippen LogP contribution is 2.33. The number of ether oxygens (including phenoxy) is 1. The standard InChI is InChI=1S/C18H24N2O2/c1-4-13-8-5-6-11-20(13)18(21)16-12(2)19-14-9-7-10-15(22-3)17(14)16/h7,9-10,13,19H,4-6,8,11H2,1-3H3. The Kier molecular flexibility index (Phi) is 4.10. The van der Waals surface area contributed by atoms with Crippen molar-refractivity contribution in [3.63, 3.8) is 0 Å². The highest BCUT2D eigenvalue weighted by Gasteiger charge is 2.29. The van der Waals surface area contributed by atoms with Crippen LogP contribution in [0.1, 0.15) is 48.7 Å². The van der Waals surface area contributed by atoms with Gasteiger partial charge in [0.25, 0.3) is 5.91 Å². The van der Waals surface area contributed by atoms with Gasteiger partial charge in [-0.25, -0.2) is 0 Å². The van der Waals surface area contributed by atoms with E-state index in [1.807, 2.05) is 25.1 Å². The van der Waals surface area contributed by atoms with Gasteiger partial charge in [0, 0.05) is 18.3 Å². The largest absolute Gasteiger partial charge is 0.496 e. The summed E-state index contributed by atoms with van der Waals surface area (Å²) in [6, 6.07) is 6.22. The van der Waals surface area contributed by atoms with Gasteiger partial charge in [0.15, 0.2) is 0 Å². The minimum Gasteiger partial charge on any atom is -0.496 e. The Labute approximate surface area is 131 Å². The van der Waals surface area contributed by atoms with Crippen LogP contribution >= 0.6 is 0 Å². The first kappa shape index (κ1) is 14.9. The van der Waals surface area contributed by atoms with Crippen LogP contribution in [0.5, 0.6) is 5.75 Å². The maximum absolute atomic E-state index is 13.2. The Morgan fingerprint density at radius 3 is 2.95 bits per heavy atom. The first-order valence-electron chi connectivity index (χ1n) is 8.13. The number of nitrogens with zero attached hydrogens (tertiary/aromatic N) is 1. The van der Waals surface area contributed by atoms with Crippen LogP contribution in [0.2, 0.25) is 0 Å². The molecule has 1 fully saturated rings. The predicted molar refractivity (Wildman–Crippen MR) is 88.6 cm³/mol. The molecule has 1 saturated heterocycles. The van der Waals surface area contributed by atoms with Crippen molar-refractivity contribution >= 4 is 16.8 Å². The van der Waals surface area contributed by atoms with Gasteiger partial charge in [-0.1, -0.05) is 13.0 Å². The average molecular weight is 300 g/mol. The Hall–Kier alpha value is -1.97. The van der Waals surface area contributed by atoms with Gasteiger partial charge < -0.3 is 14.6 Å². The summed E-state index contributed by atoms with van der Waals surface area (Å²) in [5, 5.41) is 0.910. The van der Waals surface area contributed by atoms with E-state index in [1.54, 1.807) is 7.11 Å². The molecule has 4 nitrogen and oxygen atoms in total. The Morgan fingerprint density at radius 1 is 1.41 bits per heavy atom. The van der Waals surface area contributed by atoms with Gasteiger partial charge in [-0.05, 0) is 44.7 Å². The highest BCUT2D eigenvalue weighted by atomic mass is 16.5. The zero-order valence-electron chi connectivity index (χ0n) is 13.6. The Balaban J connectivity index is 2.08. The molecule has 1 aliphatic rings. The summed E-state index contributed by atoms with van der Waals surface area (Å²) < 4.78 is 5.48. The summed E-state index contributed by atoms with van der Waals surface area (Å²) in [7, 11) is 1.65. The summed E-state index contributed by atoms with van der Waals surface area (Å²) in [6.45, 7) is 5.00. The summed E-state index contributed by atoms with van der Waals surface area (Å²) in [6.07, 6.45) is 4.45. The zero-order chi connectivity index (χ0) is 15.7. The van der Waals surface area contributed by atoms with E-state index < -0.39 is 0 Å². The lowest BCUT2D eigenvalue weighted by Gasteiger charge is -2.35. The van der Waals surface area contributed by atoms with Gasteiger partial charge >= 0.3 is 0 Å². The average Bonchev–Trinajstić information content (AvgIpc) is 2.89. The molecule has 1 N–H and O–H groups in total. The normalized spacial score (nSPS) is 18.7. The fraction of sp³-hybridized carbons (Fsp3) is 0.500. The molecule has 0 radical (unpaired) electrons. The lowest BCUT2D eigenvalue weighted by Crippen LogP contribution is -2.43. The van der Waals surface area contributed by atoms with Crippen molar-refractivity contribution in [2.75, 3.05) is 13.7 Å². The first-order chi connectivity index (χ1) is 10.7. The first-order valence-corrected chi connectivity index (χ1v) is 8.13. The van der Waals surface area contributed by atoms with Gasteiger partial charge in [-0.3, -0.25) is 4.79 Å². The molecule has 118 valence electrons. The topological polar surface area (TPSA) is 45.3 Å². The molecule has 0 aliphatic carbocycles. The number of carbonyl (C=O) groups excluding carboxylic acids is 1. The third-order valence-corrected chi connectivity index (χ3v) is 4.77. The number of carbonyl (C=O) groups is 1. The number of rotatable bonds is 3. The molecule has 2 aromatic rings. The van der Waals surface area contributed by atoms with Gasteiger partial charge in [-0.2, -0.15) is 0 Å². The van der Waals surface area contributed by atoms with Crippen molar-refractivity contribution in [3.8, 4) is 5.75 Å². The van der Waals surface area contributed by atoms with Crippen LogP contribution in [-0.2, 0) is 0 Å². The molecular formula is C18H24N2O2. The van der Waals surface area contributed by atoms with E-state index in [-0.39, 0.29) is 5.91 Å². The van der Waals surface area contributed by atoms with Gasteiger partial charge in [-0.15, -0.1) is 0 Å². The van der Waals surface area contributed by atoms with Crippen molar-refractivity contribution in [1.29, 1.82) is 0 Å². The molecule has 4 heteroatoms. The smallest absolute Gasteiger partial charge is 0.256 e. The number of methoxy groups -OCH3 is 1. The summed E-state index contributed by atoms with van der Waals surface area (Å²) in [5.41, 5.74) is 2.66. The van der Waals surface area contributed by atoms with Crippen LogP contribution in [0.4, 0.5) is 0 Å². The maximum atomic E-state index is 13.2. The summed E-state index contributed by atoms with van der Waals surface area (Å²) in [4.78, 5) is 18.6. The zero-order valence-corrected chi connectivity index (χ0v) is 13.6. The van der Waals surface area contributed by atoms with Crippen molar-refractivity contribution in [2.24, 2.45) is 0 Å². The second-order valence-corrected chi connectivity index (χ2v) is 6.06. The number of piperidine rings is 1. The highest BCUT2D eigenvalue weighted by molar-refractivity contribution is 6.10. The van der Waals surface area contributed by atoms with E-state index in [0.29, 0.717) is 6.04 Å². The number of H-pyrrole nitrogens is 1. The molecule has 0 bridgehead atoms. The number of aryl methyl sites for hydroxylation is 1. The molecule has 3 rings (SSSR count). The van der Waals surface area contributed by atoms with Crippen molar-refractivity contribution < 1.29 is 9.53 Å².